The van der Waals surface area contributed by atoms with Gasteiger partial charge in [0.25, 0.3) is 9.05 Å². The van der Waals surface area contributed by atoms with Gasteiger partial charge in [-0.15, -0.1) is 0 Å². The molecule has 0 radical (unpaired) electrons. The third kappa shape index (κ3) is 3.08. The van der Waals surface area contributed by atoms with Crippen molar-refractivity contribution in [1.29, 1.82) is 0 Å². The van der Waals surface area contributed by atoms with Crippen molar-refractivity contribution in [2.75, 3.05) is 0 Å². The van der Waals surface area contributed by atoms with Crippen LogP contribution in [-0.4, -0.2) is 18.0 Å². The van der Waals surface area contributed by atoms with E-state index in [0.29, 0.717) is 11.4 Å². The topological polar surface area (TPSA) is 52.0 Å². The summed E-state index contributed by atoms with van der Waals surface area (Å²) in [6.07, 6.45) is 1.29. The van der Waals surface area contributed by atoms with Crippen molar-refractivity contribution in [1.82, 2.24) is 9.55 Å². The molecule has 1 aromatic carbocycles. The van der Waals surface area contributed by atoms with Crippen molar-refractivity contribution in [3.8, 4) is 0 Å². The van der Waals surface area contributed by atoms with E-state index in [2.05, 4.69) is 4.98 Å². The summed E-state index contributed by atoms with van der Waals surface area (Å²) in [6.45, 7) is 1.83. The van der Waals surface area contributed by atoms with Crippen molar-refractivity contribution in [2.24, 2.45) is 0 Å². The molecule has 19 heavy (non-hydrogen) atoms. The molecule has 0 spiro atoms. The minimum absolute atomic E-state index is 0.00545. The smallest absolute Gasteiger partial charge is 0.280 e. The fourth-order valence-electron chi connectivity index (χ4n) is 1.61. The summed E-state index contributed by atoms with van der Waals surface area (Å²) < 4.78 is 37.2. The Balaban J connectivity index is 2.39. The second-order valence-corrected chi connectivity index (χ2v) is 6.80. The molecule has 0 N–H and O–H groups in total. The van der Waals surface area contributed by atoms with Gasteiger partial charge in [-0.1, -0.05) is 23.7 Å². The van der Waals surface area contributed by atoms with Crippen LogP contribution in [-0.2, 0) is 15.6 Å². The molecule has 8 heteroatoms. The summed E-state index contributed by atoms with van der Waals surface area (Å²) >= 11 is 5.84. The standard InChI is InChI=1S/C11H9Cl2FN2O2S/c1-7-15-10(19(13,17)18)6-16(7)5-8-3-2-4-9(14)11(8)12/h2-4,6H,5H2,1H3. The van der Waals surface area contributed by atoms with Crippen LogP contribution in [0.25, 0.3) is 0 Å². The van der Waals surface area contributed by atoms with Gasteiger partial charge in [0.2, 0.25) is 0 Å². The summed E-state index contributed by atoms with van der Waals surface area (Å²) in [6, 6.07) is 4.43. The van der Waals surface area contributed by atoms with Gasteiger partial charge in [0.05, 0.1) is 11.6 Å². The number of aromatic nitrogens is 2. The molecular formula is C11H9Cl2FN2O2S. The zero-order valence-electron chi connectivity index (χ0n) is 9.77. The van der Waals surface area contributed by atoms with E-state index in [9.17, 15) is 12.8 Å². The Morgan fingerprint density at radius 1 is 1.42 bits per heavy atom. The normalized spacial score (nSPS) is 11.8. The van der Waals surface area contributed by atoms with E-state index in [1.807, 2.05) is 0 Å². The first-order valence-corrected chi connectivity index (χ1v) is 7.89. The minimum Gasteiger partial charge on any atom is -0.329 e. The highest BCUT2D eigenvalue weighted by atomic mass is 35.7. The number of hydrogen-bond acceptors (Lipinski definition) is 3. The van der Waals surface area contributed by atoms with Gasteiger partial charge in [-0.05, 0) is 18.6 Å². The van der Waals surface area contributed by atoms with E-state index in [4.69, 9.17) is 22.3 Å². The first-order valence-electron chi connectivity index (χ1n) is 5.20. The van der Waals surface area contributed by atoms with Gasteiger partial charge in [0, 0.05) is 16.9 Å². The Morgan fingerprint density at radius 2 is 2.11 bits per heavy atom. The molecule has 0 saturated carbocycles. The maximum atomic E-state index is 13.3. The Labute approximate surface area is 119 Å². The molecule has 0 aliphatic rings. The molecule has 0 fully saturated rings. The van der Waals surface area contributed by atoms with E-state index < -0.39 is 14.9 Å². The number of aryl methyl sites for hydroxylation is 1. The quantitative estimate of drug-likeness (QED) is 0.816. The third-order valence-corrected chi connectivity index (χ3v) is 4.17. The highest BCUT2D eigenvalue weighted by Gasteiger charge is 2.17. The molecule has 4 nitrogen and oxygen atoms in total. The Bertz CT molecular complexity index is 728. The number of nitrogens with zero attached hydrogens (tertiary/aromatic N) is 2. The van der Waals surface area contributed by atoms with Crippen molar-refractivity contribution < 1.29 is 12.8 Å². The number of benzene rings is 1. The van der Waals surface area contributed by atoms with Gasteiger partial charge in [0.15, 0.2) is 5.03 Å². The van der Waals surface area contributed by atoms with E-state index in [0.717, 1.165) is 0 Å². The first-order chi connectivity index (χ1) is 8.79. The lowest BCUT2D eigenvalue weighted by atomic mass is 10.2. The lowest BCUT2D eigenvalue weighted by Crippen LogP contribution is -2.02. The number of halogens is 3. The van der Waals surface area contributed by atoms with Gasteiger partial charge in [-0.2, -0.15) is 0 Å². The predicted molar refractivity (Wildman–Crippen MR) is 70.5 cm³/mol. The van der Waals surface area contributed by atoms with Crippen molar-refractivity contribution in [2.45, 2.75) is 18.5 Å². The summed E-state index contributed by atoms with van der Waals surface area (Å²) in [5, 5.41) is -0.231. The molecule has 0 amide bonds. The lowest BCUT2D eigenvalue weighted by molar-refractivity contribution is 0.606. The zero-order valence-corrected chi connectivity index (χ0v) is 12.1. The molecule has 1 aromatic heterocycles. The third-order valence-electron chi connectivity index (χ3n) is 2.58. The Morgan fingerprint density at radius 3 is 2.68 bits per heavy atom. The van der Waals surface area contributed by atoms with Crippen LogP contribution >= 0.6 is 22.3 Å². The van der Waals surface area contributed by atoms with E-state index in [-0.39, 0.29) is 16.6 Å². The first kappa shape index (κ1) is 14.3. The van der Waals surface area contributed by atoms with Crippen LogP contribution in [0, 0.1) is 12.7 Å². The average molecular weight is 323 g/mol. The largest absolute Gasteiger partial charge is 0.329 e. The van der Waals surface area contributed by atoms with E-state index in [1.54, 1.807) is 13.0 Å². The van der Waals surface area contributed by atoms with Gasteiger partial charge in [-0.25, -0.2) is 17.8 Å². The van der Waals surface area contributed by atoms with E-state index in [1.165, 1.54) is 22.9 Å². The Kier molecular flexibility index (Phi) is 3.85. The SMILES string of the molecule is Cc1nc(S(=O)(=O)Cl)cn1Cc1cccc(F)c1Cl. The maximum absolute atomic E-state index is 13.3. The second-order valence-electron chi connectivity index (χ2n) is 3.91. The van der Waals surface area contributed by atoms with Crippen molar-refractivity contribution in [3.63, 3.8) is 0 Å². The van der Waals surface area contributed by atoms with Gasteiger partial charge >= 0.3 is 0 Å². The van der Waals surface area contributed by atoms with Gasteiger partial charge < -0.3 is 4.57 Å². The summed E-state index contributed by atoms with van der Waals surface area (Å²) in [4.78, 5) is 3.84. The molecule has 102 valence electrons. The maximum Gasteiger partial charge on any atom is 0.280 e. The lowest BCUT2D eigenvalue weighted by Gasteiger charge is -2.07. The molecule has 0 aliphatic carbocycles. The molecular weight excluding hydrogens is 314 g/mol. The monoisotopic (exact) mass is 322 g/mol. The fraction of sp³-hybridized carbons (Fsp3) is 0.182. The summed E-state index contributed by atoms with van der Waals surface area (Å²) in [7, 11) is 1.33. The molecule has 0 unspecified atom stereocenters. The summed E-state index contributed by atoms with van der Waals surface area (Å²) in [5.41, 5.74) is 0.528. The van der Waals surface area contributed by atoms with Crippen molar-refractivity contribution >= 4 is 31.3 Å². The molecule has 0 bridgehead atoms. The number of rotatable bonds is 3. The van der Waals surface area contributed by atoms with Crippen LogP contribution in [0.1, 0.15) is 11.4 Å². The number of imidazole rings is 1. The van der Waals surface area contributed by atoms with Crippen LogP contribution in [0.2, 0.25) is 5.02 Å². The second kappa shape index (κ2) is 5.11. The molecule has 0 aliphatic heterocycles. The van der Waals surface area contributed by atoms with Crippen LogP contribution in [0.4, 0.5) is 4.39 Å². The van der Waals surface area contributed by atoms with Crippen molar-refractivity contribution in [3.05, 3.63) is 46.6 Å². The highest BCUT2D eigenvalue weighted by Crippen LogP contribution is 2.22. The molecule has 0 saturated heterocycles. The summed E-state index contributed by atoms with van der Waals surface area (Å²) in [5.74, 6) is -0.0818. The van der Waals surface area contributed by atoms with Gasteiger partial charge in [0.1, 0.15) is 11.6 Å². The van der Waals surface area contributed by atoms with Crippen LogP contribution in [0.3, 0.4) is 0 Å². The molecule has 1 heterocycles. The van der Waals surface area contributed by atoms with Crippen LogP contribution in [0.15, 0.2) is 29.4 Å². The number of hydrogen-bond donors (Lipinski definition) is 0. The molecule has 2 aromatic rings. The fourth-order valence-corrected chi connectivity index (χ4v) is 2.51. The molecule has 2 rings (SSSR count). The Hall–Kier alpha value is -1.11. The van der Waals surface area contributed by atoms with Crippen LogP contribution < -0.4 is 0 Å². The van der Waals surface area contributed by atoms with E-state index >= 15 is 0 Å². The minimum atomic E-state index is -3.88. The van der Waals surface area contributed by atoms with Crippen LogP contribution in [0.5, 0.6) is 0 Å². The molecule has 0 atom stereocenters. The van der Waals surface area contributed by atoms with Gasteiger partial charge in [-0.3, -0.25) is 0 Å². The zero-order chi connectivity index (χ0) is 14.2. The predicted octanol–water partition coefficient (Wildman–Crippen LogP) is 2.96. The highest BCUT2D eigenvalue weighted by molar-refractivity contribution is 8.13. The average Bonchev–Trinajstić information content (AvgIpc) is 2.67.